The Morgan fingerprint density at radius 2 is 2.09 bits per heavy atom. The summed E-state index contributed by atoms with van der Waals surface area (Å²) in [6, 6.07) is 14.3. The number of anilines is 3. The molecule has 2 aromatic carbocycles. The molecule has 178 valence electrons. The number of rotatable bonds is 5. The van der Waals surface area contributed by atoms with Gasteiger partial charge in [0, 0.05) is 47.3 Å². The molecule has 35 heavy (non-hydrogen) atoms. The number of alkyl halides is 2. The van der Waals surface area contributed by atoms with E-state index in [-0.39, 0.29) is 12.3 Å². The third-order valence-corrected chi connectivity index (χ3v) is 6.61. The van der Waals surface area contributed by atoms with Crippen molar-refractivity contribution in [2.45, 2.75) is 31.5 Å². The zero-order chi connectivity index (χ0) is 24.2. The first-order chi connectivity index (χ1) is 16.9. The molecule has 0 spiro atoms. The first-order valence-electron chi connectivity index (χ1n) is 11.4. The van der Waals surface area contributed by atoms with Crippen molar-refractivity contribution in [3.05, 3.63) is 77.7 Å². The van der Waals surface area contributed by atoms with Gasteiger partial charge in [0.05, 0.1) is 17.5 Å². The topological polar surface area (TPSA) is 90.5 Å². The minimum atomic E-state index is -3.96. The first-order valence-corrected chi connectivity index (χ1v) is 11.4. The lowest BCUT2D eigenvalue weighted by Gasteiger charge is -2.33. The molecule has 1 amide bonds. The van der Waals surface area contributed by atoms with Gasteiger partial charge in [-0.1, -0.05) is 18.2 Å². The van der Waals surface area contributed by atoms with Gasteiger partial charge in [-0.3, -0.25) is 14.7 Å². The van der Waals surface area contributed by atoms with Crippen LogP contribution in [0.1, 0.15) is 29.3 Å². The Hall–Kier alpha value is -3.98. The summed E-state index contributed by atoms with van der Waals surface area (Å²) in [6.07, 6.45) is 0.533. The number of carbonyl (C=O) groups excluding carboxylic acids is 1. The summed E-state index contributed by atoms with van der Waals surface area (Å²) in [5.74, 6) is -1.46. The van der Waals surface area contributed by atoms with E-state index in [1.807, 2.05) is 30.5 Å². The van der Waals surface area contributed by atoms with Crippen molar-refractivity contribution in [1.29, 1.82) is 0 Å². The number of H-pyrrole nitrogens is 1. The molecule has 1 aliphatic carbocycles. The van der Waals surface area contributed by atoms with Crippen LogP contribution in [0.4, 0.5) is 25.8 Å². The fourth-order valence-corrected chi connectivity index (χ4v) is 4.89. The number of nitrogens with one attached hydrogen (secondary N) is 2. The minimum absolute atomic E-state index is 0.0785. The van der Waals surface area contributed by atoms with Gasteiger partial charge in [0.25, 0.3) is 0 Å². The maximum atomic E-state index is 14.6. The Bertz CT molecular complexity index is 1450. The Morgan fingerprint density at radius 1 is 1.23 bits per heavy atom. The van der Waals surface area contributed by atoms with E-state index >= 15 is 0 Å². The Morgan fingerprint density at radius 3 is 2.97 bits per heavy atom. The predicted molar refractivity (Wildman–Crippen MR) is 127 cm³/mol. The van der Waals surface area contributed by atoms with Gasteiger partial charge in [0.2, 0.25) is 0 Å². The van der Waals surface area contributed by atoms with E-state index in [1.165, 1.54) is 6.07 Å². The van der Waals surface area contributed by atoms with Crippen LogP contribution in [0.15, 0.2) is 60.9 Å². The second kappa shape index (κ2) is 8.06. The fourth-order valence-electron chi connectivity index (χ4n) is 4.89. The van der Waals surface area contributed by atoms with Gasteiger partial charge >= 0.3 is 12.0 Å². The van der Waals surface area contributed by atoms with Crippen LogP contribution >= 0.6 is 0 Å². The molecule has 0 fully saturated rings. The number of pyridine rings is 1. The smallest absolute Gasteiger partial charge is 0.423 e. The molecule has 0 radical (unpaired) electrons. The lowest BCUT2D eigenvalue weighted by molar-refractivity contribution is -0.192. The number of fused-ring (bicyclic) bond motifs is 3. The third kappa shape index (κ3) is 3.68. The largest absolute Gasteiger partial charge is 0.482 e. The van der Waals surface area contributed by atoms with Gasteiger partial charge in [-0.2, -0.15) is 8.78 Å². The molecule has 1 atom stereocenters. The van der Waals surface area contributed by atoms with E-state index in [1.54, 1.807) is 24.4 Å². The Balaban J connectivity index is 1.29. The van der Waals surface area contributed by atoms with Crippen molar-refractivity contribution in [1.82, 2.24) is 9.97 Å². The van der Waals surface area contributed by atoms with Gasteiger partial charge in [-0.05, 0) is 54.7 Å². The average Bonchev–Trinajstić information content (AvgIpc) is 3.43. The summed E-state index contributed by atoms with van der Waals surface area (Å²) >= 11 is 0. The maximum Gasteiger partial charge on any atom is 0.482 e. The fraction of sp³-hybridized carbons (Fsp3) is 0.231. The number of aromatic nitrogens is 2. The molecule has 3 N–H and O–H groups in total. The quantitative estimate of drug-likeness (QED) is 0.383. The summed E-state index contributed by atoms with van der Waals surface area (Å²) in [6.45, 7) is 0.0785. The van der Waals surface area contributed by atoms with E-state index < -0.39 is 18.1 Å². The molecule has 1 unspecified atom stereocenters. The van der Waals surface area contributed by atoms with E-state index in [9.17, 15) is 18.7 Å². The average molecular weight is 476 g/mol. The van der Waals surface area contributed by atoms with Crippen LogP contribution in [-0.4, -0.2) is 33.6 Å². The number of amides is 1. The molecule has 9 heteroatoms. The van der Waals surface area contributed by atoms with E-state index in [0.29, 0.717) is 36.3 Å². The molecule has 0 bridgehead atoms. The summed E-state index contributed by atoms with van der Waals surface area (Å²) < 4.78 is 33.9. The van der Waals surface area contributed by atoms with Crippen LogP contribution in [0, 0.1) is 0 Å². The Labute approximate surface area is 199 Å². The number of hydrogen-bond donors (Lipinski definition) is 3. The summed E-state index contributed by atoms with van der Waals surface area (Å²) in [5, 5.41) is 14.3. The summed E-state index contributed by atoms with van der Waals surface area (Å²) in [7, 11) is 0. The van der Waals surface area contributed by atoms with E-state index in [4.69, 9.17) is 4.74 Å². The molecule has 6 rings (SSSR count). The van der Waals surface area contributed by atoms with Crippen LogP contribution in [0.3, 0.4) is 0 Å². The standard InChI is InChI=1S/C26H22F2N4O3/c27-26(28)25(34)32(12-10-15-14-30-19-4-2-1-3-17(15)19)21-7-5-16(13-23(21)35-26)31-20-9-11-29-24-18(20)6-8-22(24)33/h1-5,7,9,11,13-14,22,30,33H,6,8,10,12H2,(H,29,31). The zero-order valence-electron chi connectivity index (χ0n) is 18.6. The molecule has 2 aromatic heterocycles. The highest BCUT2D eigenvalue weighted by Crippen LogP contribution is 2.42. The number of para-hydroxylation sites is 1. The number of carbonyl (C=O) groups is 1. The highest BCUT2D eigenvalue weighted by atomic mass is 19.3. The third-order valence-electron chi connectivity index (χ3n) is 6.61. The number of aliphatic hydroxyl groups is 1. The van der Waals surface area contributed by atoms with E-state index in [0.717, 1.165) is 32.6 Å². The number of aliphatic hydroxyl groups excluding tert-OH is 1. The number of benzene rings is 2. The van der Waals surface area contributed by atoms with Crippen LogP contribution in [0.25, 0.3) is 10.9 Å². The number of ether oxygens (including phenoxy) is 1. The molecule has 0 saturated heterocycles. The molecular formula is C26H22F2N4O3. The van der Waals surface area contributed by atoms with E-state index in [2.05, 4.69) is 15.3 Å². The van der Waals surface area contributed by atoms with Crippen molar-refractivity contribution >= 4 is 33.9 Å². The highest BCUT2D eigenvalue weighted by Gasteiger charge is 2.50. The lowest BCUT2D eigenvalue weighted by atomic mass is 10.1. The number of aromatic amines is 1. The van der Waals surface area contributed by atoms with Crippen LogP contribution in [-0.2, 0) is 17.6 Å². The van der Waals surface area contributed by atoms with Crippen molar-refractivity contribution in [3.63, 3.8) is 0 Å². The van der Waals surface area contributed by atoms with Crippen molar-refractivity contribution in [2.24, 2.45) is 0 Å². The van der Waals surface area contributed by atoms with Crippen molar-refractivity contribution < 1.29 is 23.4 Å². The molecule has 4 aromatic rings. The molecule has 0 saturated carbocycles. The van der Waals surface area contributed by atoms with Gasteiger partial charge in [-0.25, -0.2) is 0 Å². The second-order valence-electron chi connectivity index (χ2n) is 8.77. The molecule has 7 nitrogen and oxygen atoms in total. The summed E-state index contributed by atoms with van der Waals surface area (Å²) in [4.78, 5) is 21.1. The van der Waals surface area contributed by atoms with Crippen molar-refractivity contribution in [2.75, 3.05) is 16.8 Å². The van der Waals surface area contributed by atoms with Crippen LogP contribution < -0.4 is 15.0 Å². The normalized spacial score (nSPS) is 18.3. The zero-order valence-corrected chi connectivity index (χ0v) is 18.6. The van der Waals surface area contributed by atoms with Gasteiger partial charge < -0.3 is 20.1 Å². The highest BCUT2D eigenvalue weighted by molar-refractivity contribution is 6.01. The predicted octanol–water partition coefficient (Wildman–Crippen LogP) is 4.85. The van der Waals surface area contributed by atoms with Crippen LogP contribution in [0.5, 0.6) is 5.75 Å². The monoisotopic (exact) mass is 476 g/mol. The number of hydrogen-bond acceptors (Lipinski definition) is 5. The van der Waals surface area contributed by atoms with Gasteiger partial charge in [0.1, 0.15) is 0 Å². The maximum absolute atomic E-state index is 14.6. The Kier molecular flexibility index (Phi) is 4.96. The number of nitrogens with zero attached hydrogens (tertiary/aromatic N) is 2. The molecule has 2 aliphatic rings. The van der Waals surface area contributed by atoms with Crippen molar-refractivity contribution in [3.8, 4) is 5.75 Å². The van der Waals surface area contributed by atoms with Gasteiger partial charge in [0.15, 0.2) is 5.75 Å². The second-order valence-corrected chi connectivity index (χ2v) is 8.77. The SMILES string of the molecule is O=C1N(CCc2c[nH]c3ccccc23)c2ccc(Nc3ccnc4c3CCC4O)cc2OC1(F)F. The minimum Gasteiger partial charge on any atom is -0.423 e. The first kappa shape index (κ1) is 21.5. The molecule has 1 aliphatic heterocycles. The summed E-state index contributed by atoms with van der Waals surface area (Å²) in [5.41, 5.74) is 5.00. The lowest BCUT2D eigenvalue weighted by Crippen LogP contribution is -2.51. The van der Waals surface area contributed by atoms with Gasteiger partial charge in [-0.15, -0.1) is 0 Å². The van der Waals surface area contributed by atoms with Crippen LogP contribution in [0.2, 0.25) is 0 Å². The number of halogens is 2. The molecule has 3 heterocycles. The molecular weight excluding hydrogens is 454 g/mol.